The fraction of sp³-hybridized carbons (Fsp3) is 0.300. The van der Waals surface area contributed by atoms with Gasteiger partial charge in [0.25, 0.3) is 0 Å². The van der Waals surface area contributed by atoms with Gasteiger partial charge in [0.15, 0.2) is 0 Å². The first-order valence-electron chi connectivity index (χ1n) is 4.62. The topological polar surface area (TPSA) is 55.6 Å². The highest BCUT2D eigenvalue weighted by Crippen LogP contribution is 2.31. The Morgan fingerprint density at radius 2 is 2.40 bits per heavy atom. The highest BCUT2D eigenvalue weighted by Gasteiger charge is 2.19. The predicted molar refractivity (Wildman–Crippen MR) is 53.3 cm³/mol. The molecule has 80 valence electrons. The highest BCUT2D eigenvalue weighted by atomic mass is 19.1. The summed E-state index contributed by atoms with van der Waals surface area (Å²) in [5, 5.41) is 0. The molecule has 2 N–H and O–H groups in total. The quantitative estimate of drug-likeness (QED) is 0.773. The lowest BCUT2D eigenvalue weighted by Gasteiger charge is -2.30. The van der Waals surface area contributed by atoms with Crippen LogP contribution in [0.3, 0.4) is 0 Å². The summed E-state index contributed by atoms with van der Waals surface area (Å²) in [6.07, 6.45) is 0. The van der Waals surface area contributed by atoms with Crippen LogP contribution in [0.15, 0.2) is 18.2 Å². The van der Waals surface area contributed by atoms with Crippen LogP contribution in [-0.4, -0.2) is 25.6 Å². The van der Waals surface area contributed by atoms with E-state index in [2.05, 4.69) is 0 Å². The van der Waals surface area contributed by atoms with Gasteiger partial charge in [-0.15, -0.1) is 0 Å². The molecule has 0 aliphatic carbocycles. The Morgan fingerprint density at radius 1 is 1.60 bits per heavy atom. The van der Waals surface area contributed by atoms with Crippen molar-refractivity contribution in [1.82, 2.24) is 0 Å². The third-order valence-corrected chi connectivity index (χ3v) is 2.23. The van der Waals surface area contributed by atoms with Gasteiger partial charge in [0.2, 0.25) is 5.91 Å². The molecule has 2 rings (SSSR count). The molecule has 1 aliphatic rings. The largest absolute Gasteiger partial charge is 0.490 e. The molecule has 0 atom stereocenters. The van der Waals surface area contributed by atoms with Crippen LogP contribution in [0.25, 0.3) is 0 Å². The number of carbonyl (C=O) groups excluding carboxylic acids is 1. The Labute approximate surface area is 86.4 Å². The second-order valence-electron chi connectivity index (χ2n) is 3.35. The van der Waals surface area contributed by atoms with Crippen molar-refractivity contribution in [2.45, 2.75) is 0 Å². The number of nitrogens with zero attached hydrogens (tertiary/aromatic N) is 1. The standard InChI is InChI=1S/C10H11FN2O2/c11-7-1-2-9-8(5-7)13(3-4-15-9)6-10(12)14/h1-2,5H,3-4,6H2,(H2,12,14). The first kappa shape index (κ1) is 9.76. The summed E-state index contributed by atoms with van der Waals surface area (Å²) in [5.74, 6) is -0.204. The first-order chi connectivity index (χ1) is 7.16. The molecule has 1 amide bonds. The molecule has 0 fully saturated rings. The molecule has 1 aliphatic heterocycles. The molecular weight excluding hydrogens is 199 g/mol. The summed E-state index contributed by atoms with van der Waals surface area (Å²) in [4.78, 5) is 12.5. The number of anilines is 1. The van der Waals surface area contributed by atoms with Gasteiger partial charge in [0.05, 0.1) is 18.8 Å². The van der Waals surface area contributed by atoms with Crippen molar-refractivity contribution < 1.29 is 13.9 Å². The molecule has 15 heavy (non-hydrogen) atoms. The van der Waals surface area contributed by atoms with Gasteiger partial charge < -0.3 is 15.4 Å². The van der Waals surface area contributed by atoms with Crippen LogP contribution in [0.1, 0.15) is 0 Å². The summed E-state index contributed by atoms with van der Waals surface area (Å²) in [6, 6.07) is 4.22. The van der Waals surface area contributed by atoms with Gasteiger partial charge in [-0.05, 0) is 12.1 Å². The minimum absolute atomic E-state index is 0.0831. The Bertz CT molecular complexity index is 395. The van der Waals surface area contributed by atoms with Gasteiger partial charge in [-0.25, -0.2) is 4.39 Å². The van der Waals surface area contributed by atoms with Crippen molar-refractivity contribution >= 4 is 11.6 Å². The molecule has 0 saturated heterocycles. The number of amides is 1. The maximum Gasteiger partial charge on any atom is 0.236 e. The van der Waals surface area contributed by atoms with Gasteiger partial charge in [-0.3, -0.25) is 4.79 Å². The SMILES string of the molecule is NC(=O)CN1CCOc2ccc(F)cc21. The van der Waals surface area contributed by atoms with Crippen molar-refractivity contribution in [3.05, 3.63) is 24.0 Å². The van der Waals surface area contributed by atoms with Crippen LogP contribution in [0.2, 0.25) is 0 Å². The van der Waals surface area contributed by atoms with Gasteiger partial charge >= 0.3 is 0 Å². The van der Waals surface area contributed by atoms with E-state index in [1.165, 1.54) is 12.1 Å². The van der Waals surface area contributed by atoms with Crippen molar-refractivity contribution in [3.8, 4) is 5.75 Å². The maximum absolute atomic E-state index is 13.0. The molecule has 1 aromatic rings. The van der Waals surface area contributed by atoms with E-state index in [4.69, 9.17) is 10.5 Å². The van der Waals surface area contributed by atoms with Crippen LogP contribution in [-0.2, 0) is 4.79 Å². The average Bonchev–Trinajstić information content (AvgIpc) is 2.18. The smallest absolute Gasteiger partial charge is 0.236 e. The molecule has 0 radical (unpaired) electrons. The van der Waals surface area contributed by atoms with E-state index in [-0.39, 0.29) is 12.4 Å². The number of primary amides is 1. The van der Waals surface area contributed by atoms with Gasteiger partial charge in [-0.1, -0.05) is 0 Å². The zero-order chi connectivity index (χ0) is 10.8. The molecule has 0 spiro atoms. The number of carbonyl (C=O) groups is 1. The van der Waals surface area contributed by atoms with E-state index in [0.717, 1.165) is 0 Å². The van der Waals surface area contributed by atoms with Crippen LogP contribution in [0, 0.1) is 5.82 Å². The Hall–Kier alpha value is -1.78. The Morgan fingerprint density at radius 3 is 3.13 bits per heavy atom. The fourth-order valence-corrected chi connectivity index (χ4v) is 1.60. The summed E-state index contributed by atoms with van der Waals surface area (Å²) in [5.41, 5.74) is 5.69. The normalized spacial score (nSPS) is 14.3. The number of fused-ring (bicyclic) bond motifs is 1. The maximum atomic E-state index is 13.0. The number of halogens is 1. The zero-order valence-electron chi connectivity index (χ0n) is 8.07. The molecule has 1 heterocycles. The fourth-order valence-electron chi connectivity index (χ4n) is 1.60. The number of rotatable bonds is 2. The van der Waals surface area contributed by atoms with Crippen LogP contribution >= 0.6 is 0 Å². The molecule has 0 aromatic heterocycles. The molecule has 5 heteroatoms. The number of nitrogens with two attached hydrogens (primary N) is 1. The number of hydrogen-bond donors (Lipinski definition) is 1. The summed E-state index contributed by atoms with van der Waals surface area (Å²) in [6.45, 7) is 1.10. The van der Waals surface area contributed by atoms with Crippen LogP contribution in [0.5, 0.6) is 5.75 Å². The van der Waals surface area contributed by atoms with E-state index in [9.17, 15) is 9.18 Å². The molecular formula is C10H11FN2O2. The van der Waals surface area contributed by atoms with Gasteiger partial charge in [0, 0.05) is 6.07 Å². The average molecular weight is 210 g/mol. The lowest BCUT2D eigenvalue weighted by atomic mass is 10.2. The summed E-state index contributed by atoms with van der Waals surface area (Å²) >= 11 is 0. The molecule has 0 bridgehead atoms. The summed E-state index contributed by atoms with van der Waals surface area (Å²) in [7, 11) is 0. The monoisotopic (exact) mass is 210 g/mol. The number of benzene rings is 1. The zero-order valence-corrected chi connectivity index (χ0v) is 8.07. The van der Waals surface area contributed by atoms with Crippen LogP contribution < -0.4 is 15.4 Å². The van der Waals surface area contributed by atoms with Crippen LogP contribution in [0.4, 0.5) is 10.1 Å². The highest BCUT2D eigenvalue weighted by molar-refractivity contribution is 5.80. The van der Waals surface area contributed by atoms with E-state index in [0.29, 0.717) is 24.6 Å². The minimum Gasteiger partial charge on any atom is -0.490 e. The molecule has 0 saturated carbocycles. The summed E-state index contributed by atoms with van der Waals surface area (Å²) < 4.78 is 18.3. The second-order valence-corrected chi connectivity index (χ2v) is 3.35. The third-order valence-electron chi connectivity index (χ3n) is 2.23. The van der Waals surface area contributed by atoms with Gasteiger partial charge in [0.1, 0.15) is 18.2 Å². The van der Waals surface area contributed by atoms with Crippen molar-refractivity contribution in [2.24, 2.45) is 5.73 Å². The third kappa shape index (κ3) is 2.01. The molecule has 0 unspecified atom stereocenters. The van der Waals surface area contributed by atoms with Crippen molar-refractivity contribution in [2.75, 3.05) is 24.6 Å². The van der Waals surface area contributed by atoms with Crippen molar-refractivity contribution in [1.29, 1.82) is 0 Å². The van der Waals surface area contributed by atoms with E-state index < -0.39 is 5.91 Å². The van der Waals surface area contributed by atoms with Crippen molar-refractivity contribution in [3.63, 3.8) is 0 Å². The lowest BCUT2D eigenvalue weighted by molar-refractivity contribution is -0.116. The minimum atomic E-state index is -0.438. The van der Waals surface area contributed by atoms with E-state index in [1.807, 2.05) is 0 Å². The first-order valence-corrected chi connectivity index (χ1v) is 4.62. The number of hydrogen-bond acceptors (Lipinski definition) is 3. The predicted octanol–water partition coefficient (Wildman–Crippen LogP) is 0.510. The number of ether oxygens (including phenoxy) is 1. The Balaban J connectivity index is 2.32. The molecule has 1 aromatic carbocycles. The van der Waals surface area contributed by atoms with E-state index >= 15 is 0 Å². The molecule has 4 nitrogen and oxygen atoms in total. The Kier molecular flexibility index (Phi) is 2.45. The van der Waals surface area contributed by atoms with Gasteiger partial charge in [-0.2, -0.15) is 0 Å². The van der Waals surface area contributed by atoms with E-state index in [1.54, 1.807) is 11.0 Å². The lowest BCUT2D eigenvalue weighted by Crippen LogP contribution is -2.39. The second kappa shape index (κ2) is 3.76.